The lowest BCUT2D eigenvalue weighted by Gasteiger charge is -2.18. The molecule has 0 aliphatic carbocycles. The van der Waals surface area contributed by atoms with E-state index in [4.69, 9.17) is 0 Å². The predicted molar refractivity (Wildman–Crippen MR) is 92.8 cm³/mol. The summed E-state index contributed by atoms with van der Waals surface area (Å²) in [6.45, 7) is 2.10. The number of hydrogen-bond acceptors (Lipinski definition) is 5. The summed E-state index contributed by atoms with van der Waals surface area (Å²) in [4.78, 5) is 6.46. The summed E-state index contributed by atoms with van der Waals surface area (Å²) in [6, 6.07) is 20.4. The van der Waals surface area contributed by atoms with E-state index in [0.717, 1.165) is 5.69 Å². The van der Waals surface area contributed by atoms with Gasteiger partial charge >= 0.3 is 0 Å². The normalized spacial score (nSPS) is 11.7. The standard InChI is InChI=1S/C18H19N5/c1-14(15-9-5-3-6-10-15)20-17-13-19-22-18(21-17)23(2)16-11-7-4-8-12-16/h3-14H,1-2H3,(H,20,21,22). The van der Waals surface area contributed by atoms with Crippen LogP contribution in [0.15, 0.2) is 66.9 Å². The van der Waals surface area contributed by atoms with Crippen molar-refractivity contribution >= 4 is 17.5 Å². The number of hydrogen-bond donors (Lipinski definition) is 1. The molecule has 0 spiro atoms. The van der Waals surface area contributed by atoms with Crippen LogP contribution in [-0.4, -0.2) is 22.2 Å². The SMILES string of the molecule is CC(Nc1cnnc(N(C)c2ccccc2)n1)c1ccccc1. The average molecular weight is 305 g/mol. The lowest BCUT2D eigenvalue weighted by molar-refractivity contribution is 0.853. The first kappa shape index (κ1) is 15.0. The molecule has 3 rings (SSSR count). The van der Waals surface area contributed by atoms with Gasteiger partial charge in [0.05, 0.1) is 6.20 Å². The van der Waals surface area contributed by atoms with Crippen LogP contribution in [-0.2, 0) is 0 Å². The van der Waals surface area contributed by atoms with Crippen LogP contribution in [0.25, 0.3) is 0 Å². The van der Waals surface area contributed by atoms with Gasteiger partial charge in [-0.05, 0) is 24.6 Å². The fourth-order valence-electron chi connectivity index (χ4n) is 2.32. The summed E-state index contributed by atoms with van der Waals surface area (Å²) >= 11 is 0. The van der Waals surface area contributed by atoms with Gasteiger partial charge in [-0.3, -0.25) is 0 Å². The first-order chi connectivity index (χ1) is 11.2. The number of nitrogens with one attached hydrogen (secondary N) is 1. The highest BCUT2D eigenvalue weighted by atomic mass is 15.3. The first-order valence-electron chi connectivity index (χ1n) is 7.54. The molecule has 116 valence electrons. The van der Waals surface area contributed by atoms with Crippen molar-refractivity contribution in [2.75, 3.05) is 17.3 Å². The molecule has 1 N–H and O–H groups in total. The molecule has 0 aliphatic rings. The second-order valence-electron chi connectivity index (χ2n) is 5.31. The van der Waals surface area contributed by atoms with Crippen LogP contribution in [0.4, 0.5) is 17.5 Å². The van der Waals surface area contributed by atoms with Crippen LogP contribution in [0.1, 0.15) is 18.5 Å². The number of para-hydroxylation sites is 1. The third-order valence-electron chi connectivity index (χ3n) is 3.66. The number of benzene rings is 2. The molecule has 23 heavy (non-hydrogen) atoms. The summed E-state index contributed by atoms with van der Waals surface area (Å²) in [6.07, 6.45) is 1.64. The highest BCUT2D eigenvalue weighted by Gasteiger charge is 2.10. The van der Waals surface area contributed by atoms with Crippen LogP contribution in [0.5, 0.6) is 0 Å². The molecule has 3 aromatic rings. The van der Waals surface area contributed by atoms with Crippen molar-refractivity contribution in [1.82, 2.24) is 15.2 Å². The van der Waals surface area contributed by atoms with Gasteiger partial charge in [0.15, 0.2) is 5.82 Å². The molecule has 0 radical (unpaired) electrons. The minimum Gasteiger partial charge on any atom is -0.362 e. The molecule has 1 aromatic heterocycles. The van der Waals surface area contributed by atoms with Gasteiger partial charge in [-0.15, -0.1) is 5.10 Å². The Kier molecular flexibility index (Phi) is 4.47. The molecule has 0 bridgehead atoms. The van der Waals surface area contributed by atoms with Gasteiger partial charge in [-0.25, -0.2) is 0 Å². The van der Waals surface area contributed by atoms with Gasteiger partial charge in [0.2, 0.25) is 0 Å². The van der Waals surface area contributed by atoms with E-state index in [1.54, 1.807) is 6.20 Å². The van der Waals surface area contributed by atoms with Crippen LogP contribution in [0, 0.1) is 0 Å². The maximum absolute atomic E-state index is 4.56. The fourth-order valence-corrected chi connectivity index (χ4v) is 2.32. The Labute approximate surface area is 136 Å². The summed E-state index contributed by atoms with van der Waals surface area (Å²) < 4.78 is 0. The molecular formula is C18H19N5. The third-order valence-corrected chi connectivity index (χ3v) is 3.66. The summed E-state index contributed by atoms with van der Waals surface area (Å²) in [5.74, 6) is 1.26. The Hall–Kier alpha value is -2.95. The van der Waals surface area contributed by atoms with E-state index in [1.165, 1.54) is 5.56 Å². The van der Waals surface area contributed by atoms with Crippen molar-refractivity contribution in [2.24, 2.45) is 0 Å². The summed E-state index contributed by atoms with van der Waals surface area (Å²) in [5, 5.41) is 11.5. The van der Waals surface area contributed by atoms with Crippen molar-refractivity contribution < 1.29 is 0 Å². The largest absolute Gasteiger partial charge is 0.362 e. The summed E-state index contributed by atoms with van der Waals surface area (Å²) in [5.41, 5.74) is 2.21. The molecular weight excluding hydrogens is 286 g/mol. The van der Waals surface area contributed by atoms with Gasteiger partial charge < -0.3 is 10.2 Å². The van der Waals surface area contributed by atoms with Crippen molar-refractivity contribution in [1.29, 1.82) is 0 Å². The first-order valence-corrected chi connectivity index (χ1v) is 7.54. The Morgan fingerprint density at radius 1 is 0.957 bits per heavy atom. The maximum Gasteiger partial charge on any atom is 0.251 e. The topological polar surface area (TPSA) is 53.9 Å². The van der Waals surface area contributed by atoms with Gasteiger partial charge in [0.25, 0.3) is 5.95 Å². The number of aromatic nitrogens is 3. The molecule has 0 aliphatic heterocycles. The Bertz CT molecular complexity index is 746. The van der Waals surface area contributed by atoms with Crippen molar-refractivity contribution in [3.05, 3.63) is 72.4 Å². The van der Waals surface area contributed by atoms with E-state index in [9.17, 15) is 0 Å². The monoisotopic (exact) mass is 305 g/mol. The van der Waals surface area contributed by atoms with Gasteiger partial charge in [0, 0.05) is 18.8 Å². The quantitative estimate of drug-likeness (QED) is 0.776. The van der Waals surface area contributed by atoms with Crippen molar-refractivity contribution in [2.45, 2.75) is 13.0 Å². The number of nitrogens with zero attached hydrogens (tertiary/aromatic N) is 4. The van der Waals surface area contributed by atoms with E-state index >= 15 is 0 Å². The zero-order valence-electron chi connectivity index (χ0n) is 13.2. The predicted octanol–water partition coefficient (Wildman–Crippen LogP) is 3.81. The Morgan fingerprint density at radius 3 is 2.30 bits per heavy atom. The van der Waals surface area contributed by atoms with E-state index in [1.807, 2.05) is 60.5 Å². The van der Waals surface area contributed by atoms with Crippen LogP contribution < -0.4 is 10.2 Å². The van der Waals surface area contributed by atoms with Crippen molar-refractivity contribution in [3.63, 3.8) is 0 Å². The summed E-state index contributed by atoms with van der Waals surface area (Å²) in [7, 11) is 1.93. The third kappa shape index (κ3) is 3.63. The molecule has 0 saturated carbocycles. The smallest absolute Gasteiger partial charge is 0.251 e. The van der Waals surface area contributed by atoms with Crippen molar-refractivity contribution in [3.8, 4) is 0 Å². The lowest BCUT2D eigenvalue weighted by atomic mass is 10.1. The van der Waals surface area contributed by atoms with E-state index in [0.29, 0.717) is 11.8 Å². The highest BCUT2D eigenvalue weighted by Crippen LogP contribution is 2.21. The average Bonchev–Trinajstić information content (AvgIpc) is 2.63. The van der Waals surface area contributed by atoms with Crippen LogP contribution in [0.3, 0.4) is 0 Å². The molecule has 2 aromatic carbocycles. The molecule has 1 atom stereocenters. The molecule has 1 unspecified atom stereocenters. The molecule has 5 nitrogen and oxygen atoms in total. The van der Waals surface area contributed by atoms with Gasteiger partial charge in [-0.2, -0.15) is 10.1 Å². The van der Waals surface area contributed by atoms with E-state index in [2.05, 4.69) is 39.6 Å². The molecule has 0 fully saturated rings. The highest BCUT2D eigenvalue weighted by molar-refractivity contribution is 5.56. The second-order valence-corrected chi connectivity index (χ2v) is 5.31. The number of rotatable bonds is 5. The minimum atomic E-state index is 0.141. The minimum absolute atomic E-state index is 0.141. The van der Waals surface area contributed by atoms with E-state index < -0.39 is 0 Å². The lowest BCUT2D eigenvalue weighted by Crippen LogP contribution is -2.15. The van der Waals surface area contributed by atoms with E-state index in [-0.39, 0.29) is 6.04 Å². The van der Waals surface area contributed by atoms with Crippen LogP contribution in [0.2, 0.25) is 0 Å². The van der Waals surface area contributed by atoms with Gasteiger partial charge in [0.1, 0.15) is 0 Å². The Morgan fingerprint density at radius 2 is 1.61 bits per heavy atom. The van der Waals surface area contributed by atoms with Gasteiger partial charge in [-0.1, -0.05) is 48.5 Å². The van der Waals surface area contributed by atoms with Crippen LogP contribution >= 0.6 is 0 Å². The zero-order valence-corrected chi connectivity index (χ0v) is 13.2. The number of anilines is 3. The zero-order chi connectivity index (χ0) is 16.1. The Balaban J connectivity index is 1.78. The fraction of sp³-hybridized carbons (Fsp3) is 0.167. The maximum atomic E-state index is 4.56. The molecule has 0 amide bonds. The second kappa shape index (κ2) is 6.87. The molecule has 5 heteroatoms. The molecule has 0 saturated heterocycles. The molecule has 1 heterocycles.